The highest BCUT2D eigenvalue weighted by Crippen LogP contribution is 2.20. The van der Waals surface area contributed by atoms with Crippen molar-refractivity contribution in [3.8, 4) is 0 Å². The van der Waals surface area contributed by atoms with Crippen molar-refractivity contribution in [3.63, 3.8) is 0 Å². The van der Waals surface area contributed by atoms with Gasteiger partial charge in [0.2, 0.25) is 0 Å². The second-order valence-corrected chi connectivity index (χ2v) is 11.0. The molecule has 0 bridgehead atoms. The van der Waals surface area contributed by atoms with Gasteiger partial charge in [0.1, 0.15) is 12.7 Å². The summed E-state index contributed by atoms with van der Waals surface area (Å²) >= 11 is 0. The van der Waals surface area contributed by atoms with Crippen LogP contribution < -0.4 is 0 Å². The Morgan fingerprint density at radius 1 is 0.684 bits per heavy atom. The first-order chi connectivity index (χ1) is 17.8. The van der Waals surface area contributed by atoms with Gasteiger partial charge in [0.25, 0.3) is 0 Å². The Hall–Kier alpha value is -2.70. The minimum absolute atomic E-state index is 0.0502. The van der Waals surface area contributed by atoms with E-state index in [9.17, 15) is 9.59 Å². The zero-order valence-electron chi connectivity index (χ0n) is 24.4. The molecule has 2 N–H and O–H groups in total. The van der Waals surface area contributed by atoms with Crippen LogP contribution in [0.15, 0.2) is 48.5 Å². The van der Waals surface area contributed by atoms with Gasteiger partial charge in [-0.25, -0.2) is 0 Å². The van der Waals surface area contributed by atoms with Crippen LogP contribution in [-0.2, 0) is 31.9 Å². The topological polar surface area (TPSA) is 93.1 Å². The number of carbonyl (C=O) groups excluding carboxylic acids is 2. The SMILES string of the molecule is CC(C)Cc1ccc(C(C)C(=O)OC(C)CO)cc1.CC(C)Cc1ccc(C(C)C(=O)OCC(C)O)cc1. The zero-order valence-corrected chi connectivity index (χ0v) is 24.4. The van der Waals surface area contributed by atoms with E-state index in [4.69, 9.17) is 19.7 Å². The summed E-state index contributed by atoms with van der Waals surface area (Å²) in [6, 6.07) is 16.2. The number of aliphatic hydroxyl groups is 2. The Balaban J connectivity index is 0.000000380. The highest BCUT2D eigenvalue weighted by atomic mass is 16.6. The number of aliphatic hydroxyl groups excluding tert-OH is 2. The number of ether oxygens (including phenoxy) is 2. The van der Waals surface area contributed by atoms with E-state index in [1.54, 1.807) is 13.8 Å². The molecule has 38 heavy (non-hydrogen) atoms. The molecule has 0 aromatic heterocycles. The molecule has 0 radical (unpaired) electrons. The van der Waals surface area contributed by atoms with Gasteiger partial charge in [-0.3, -0.25) is 9.59 Å². The third-order valence-electron chi connectivity index (χ3n) is 6.00. The van der Waals surface area contributed by atoms with Crippen molar-refractivity contribution < 1.29 is 29.3 Å². The average molecular weight is 529 g/mol. The summed E-state index contributed by atoms with van der Waals surface area (Å²) in [6.07, 6.45) is 1.02. The summed E-state index contributed by atoms with van der Waals surface area (Å²) < 4.78 is 10.1. The number of esters is 2. The van der Waals surface area contributed by atoms with Crippen LogP contribution in [0.2, 0.25) is 0 Å². The largest absolute Gasteiger partial charge is 0.462 e. The van der Waals surface area contributed by atoms with E-state index in [0.717, 1.165) is 24.0 Å². The van der Waals surface area contributed by atoms with Crippen molar-refractivity contribution in [2.75, 3.05) is 13.2 Å². The standard InChI is InChI=1S/2C16H24O3/c1-11(2)9-14-5-7-15(8-6-14)13(4)16(18)19-10-12(3)17;1-11(2)9-14-5-7-15(8-6-14)13(4)16(18)19-12(3)10-17/h2*5-8,11-13,17H,9-10H2,1-4H3. The van der Waals surface area contributed by atoms with Crippen molar-refractivity contribution in [1.82, 2.24) is 0 Å². The van der Waals surface area contributed by atoms with Gasteiger partial charge in [0.05, 0.1) is 24.5 Å². The first-order valence-electron chi connectivity index (χ1n) is 13.7. The van der Waals surface area contributed by atoms with Crippen LogP contribution in [0, 0.1) is 11.8 Å². The molecule has 0 amide bonds. The van der Waals surface area contributed by atoms with E-state index in [1.165, 1.54) is 11.1 Å². The van der Waals surface area contributed by atoms with E-state index in [2.05, 4.69) is 52.0 Å². The van der Waals surface area contributed by atoms with E-state index >= 15 is 0 Å². The molecule has 6 heteroatoms. The smallest absolute Gasteiger partial charge is 0.313 e. The summed E-state index contributed by atoms with van der Waals surface area (Å²) in [5, 5.41) is 18.0. The minimum Gasteiger partial charge on any atom is -0.462 e. The van der Waals surface area contributed by atoms with Crippen LogP contribution in [-0.4, -0.2) is 47.6 Å². The predicted molar refractivity (Wildman–Crippen MR) is 152 cm³/mol. The fourth-order valence-corrected chi connectivity index (χ4v) is 3.77. The summed E-state index contributed by atoms with van der Waals surface area (Å²) in [5.74, 6) is 0.0579. The normalized spacial score (nSPS) is 14.2. The summed E-state index contributed by atoms with van der Waals surface area (Å²) in [4.78, 5) is 23.6. The van der Waals surface area contributed by atoms with Crippen molar-refractivity contribution in [3.05, 3.63) is 70.8 Å². The maximum absolute atomic E-state index is 11.8. The molecule has 2 aromatic carbocycles. The molecule has 0 heterocycles. The molecule has 212 valence electrons. The van der Waals surface area contributed by atoms with E-state index in [-0.39, 0.29) is 37.0 Å². The van der Waals surface area contributed by atoms with Gasteiger partial charge >= 0.3 is 11.9 Å². The molecule has 0 fully saturated rings. The lowest BCUT2D eigenvalue weighted by molar-refractivity contribution is -0.151. The third-order valence-corrected chi connectivity index (χ3v) is 6.00. The van der Waals surface area contributed by atoms with Crippen molar-refractivity contribution >= 4 is 11.9 Å². The monoisotopic (exact) mass is 528 g/mol. The van der Waals surface area contributed by atoms with Gasteiger partial charge in [-0.1, -0.05) is 76.2 Å². The molecule has 0 aliphatic carbocycles. The molecule has 0 spiro atoms. The lowest BCUT2D eigenvalue weighted by Gasteiger charge is -2.16. The Bertz CT molecular complexity index is 947. The molecule has 6 nitrogen and oxygen atoms in total. The predicted octanol–water partition coefficient (Wildman–Crippen LogP) is 5.83. The van der Waals surface area contributed by atoms with Crippen LogP contribution in [0.1, 0.15) is 89.5 Å². The van der Waals surface area contributed by atoms with Gasteiger partial charge < -0.3 is 19.7 Å². The maximum atomic E-state index is 11.8. The Labute approximate surface area is 229 Å². The van der Waals surface area contributed by atoms with Crippen LogP contribution in [0.4, 0.5) is 0 Å². The quantitative estimate of drug-likeness (QED) is 0.337. The molecule has 4 atom stereocenters. The van der Waals surface area contributed by atoms with Crippen LogP contribution in [0.25, 0.3) is 0 Å². The second-order valence-electron chi connectivity index (χ2n) is 11.0. The highest BCUT2D eigenvalue weighted by Gasteiger charge is 2.19. The minimum atomic E-state index is -0.621. The second kappa shape index (κ2) is 17.0. The Morgan fingerprint density at radius 3 is 1.42 bits per heavy atom. The molecular weight excluding hydrogens is 480 g/mol. The van der Waals surface area contributed by atoms with E-state index in [1.807, 2.05) is 38.1 Å². The third kappa shape index (κ3) is 12.7. The Kier molecular flexibility index (Phi) is 14.9. The molecule has 4 unspecified atom stereocenters. The van der Waals surface area contributed by atoms with Crippen molar-refractivity contribution in [2.45, 2.75) is 92.3 Å². The molecule has 0 saturated heterocycles. The van der Waals surface area contributed by atoms with E-state index < -0.39 is 12.2 Å². The zero-order chi connectivity index (χ0) is 28.8. The summed E-state index contributed by atoms with van der Waals surface area (Å²) in [5.41, 5.74) is 4.46. The van der Waals surface area contributed by atoms with Crippen LogP contribution in [0.5, 0.6) is 0 Å². The fraction of sp³-hybridized carbons (Fsp3) is 0.562. The molecule has 0 saturated carbocycles. The molecule has 0 aliphatic heterocycles. The van der Waals surface area contributed by atoms with Gasteiger partial charge in [-0.05, 0) is 74.6 Å². The fourth-order valence-electron chi connectivity index (χ4n) is 3.77. The van der Waals surface area contributed by atoms with Gasteiger partial charge in [0, 0.05) is 0 Å². The maximum Gasteiger partial charge on any atom is 0.313 e. The summed E-state index contributed by atoms with van der Waals surface area (Å²) in [7, 11) is 0. The van der Waals surface area contributed by atoms with Crippen molar-refractivity contribution in [1.29, 1.82) is 0 Å². The van der Waals surface area contributed by atoms with Gasteiger partial charge in [-0.2, -0.15) is 0 Å². The van der Waals surface area contributed by atoms with Crippen LogP contribution in [0.3, 0.4) is 0 Å². The number of carbonyl (C=O) groups is 2. The number of rotatable bonds is 12. The number of hydrogen-bond donors (Lipinski definition) is 2. The molecular formula is C32H48O6. The average Bonchev–Trinajstić information content (AvgIpc) is 2.86. The molecule has 2 aromatic rings. The van der Waals surface area contributed by atoms with Crippen molar-refractivity contribution in [2.24, 2.45) is 11.8 Å². The highest BCUT2D eigenvalue weighted by molar-refractivity contribution is 5.78. The molecule has 2 rings (SSSR count). The van der Waals surface area contributed by atoms with Gasteiger partial charge in [0.15, 0.2) is 0 Å². The summed E-state index contributed by atoms with van der Waals surface area (Å²) in [6.45, 7) is 15.6. The molecule has 0 aliphatic rings. The number of benzene rings is 2. The first-order valence-corrected chi connectivity index (χ1v) is 13.7. The first kappa shape index (κ1) is 33.3. The number of hydrogen-bond acceptors (Lipinski definition) is 6. The van der Waals surface area contributed by atoms with E-state index in [0.29, 0.717) is 11.8 Å². The lowest BCUT2D eigenvalue weighted by atomic mass is 9.97. The van der Waals surface area contributed by atoms with Gasteiger partial charge in [-0.15, -0.1) is 0 Å². The lowest BCUT2D eigenvalue weighted by Crippen LogP contribution is -2.22. The Morgan fingerprint density at radius 2 is 1.08 bits per heavy atom. The van der Waals surface area contributed by atoms with Crippen LogP contribution >= 0.6 is 0 Å².